The van der Waals surface area contributed by atoms with Gasteiger partial charge >= 0.3 is 0 Å². The van der Waals surface area contributed by atoms with Crippen molar-refractivity contribution in [1.29, 1.82) is 0 Å². The van der Waals surface area contributed by atoms with E-state index in [2.05, 4.69) is 34.9 Å². The van der Waals surface area contributed by atoms with E-state index in [4.69, 9.17) is 0 Å². The lowest BCUT2D eigenvalue weighted by Crippen LogP contribution is -2.35. The first-order chi connectivity index (χ1) is 10.3. The zero-order valence-electron chi connectivity index (χ0n) is 12.9. The molecule has 0 atom stereocenters. The molecule has 1 aromatic rings. The summed E-state index contributed by atoms with van der Waals surface area (Å²) in [5, 5.41) is 6.52. The van der Waals surface area contributed by atoms with E-state index in [1.807, 2.05) is 6.07 Å². The molecule has 1 aliphatic rings. The van der Waals surface area contributed by atoms with Gasteiger partial charge in [0.25, 0.3) is 0 Å². The highest BCUT2D eigenvalue weighted by Crippen LogP contribution is 2.17. The van der Waals surface area contributed by atoms with Crippen molar-refractivity contribution in [2.45, 2.75) is 57.4 Å². The summed E-state index contributed by atoms with van der Waals surface area (Å²) in [5.74, 6) is 0.173. The van der Waals surface area contributed by atoms with E-state index < -0.39 is 0 Å². The topological polar surface area (TPSA) is 41.1 Å². The van der Waals surface area contributed by atoms with Crippen LogP contribution in [0.1, 0.15) is 50.5 Å². The van der Waals surface area contributed by atoms with Crippen molar-refractivity contribution in [3.05, 3.63) is 35.9 Å². The van der Waals surface area contributed by atoms with Crippen molar-refractivity contribution < 1.29 is 4.79 Å². The fourth-order valence-corrected chi connectivity index (χ4v) is 2.95. The first kappa shape index (κ1) is 16.0. The largest absolute Gasteiger partial charge is 0.356 e. The Kier molecular flexibility index (Phi) is 7.30. The van der Waals surface area contributed by atoms with Crippen LogP contribution in [0.2, 0.25) is 0 Å². The Hall–Kier alpha value is -1.35. The van der Waals surface area contributed by atoms with Crippen LogP contribution < -0.4 is 10.6 Å². The molecule has 0 saturated heterocycles. The Balaban J connectivity index is 1.47. The number of carbonyl (C=O) groups excluding carboxylic acids is 1. The number of amides is 1. The minimum Gasteiger partial charge on any atom is -0.356 e. The molecule has 0 radical (unpaired) electrons. The fraction of sp³-hybridized carbons (Fsp3) is 0.611. The van der Waals surface area contributed by atoms with E-state index in [-0.39, 0.29) is 5.91 Å². The third-order valence-corrected chi connectivity index (χ3v) is 4.20. The van der Waals surface area contributed by atoms with Crippen LogP contribution in [0.25, 0.3) is 0 Å². The molecule has 3 nitrogen and oxygen atoms in total. The zero-order chi connectivity index (χ0) is 14.8. The van der Waals surface area contributed by atoms with Gasteiger partial charge < -0.3 is 10.6 Å². The minimum absolute atomic E-state index is 0.173. The van der Waals surface area contributed by atoms with Crippen molar-refractivity contribution in [1.82, 2.24) is 10.6 Å². The SMILES string of the molecule is O=C(CCNC1CCCCC1)NCCCc1ccccc1. The highest BCUT2D eigenvalue weighted by molar-refractivity contribution is 5.75. The molecule has 2 N–H and O–H groups in total. The van der Waals surface area contributed by atoms with E-state index in [9.17, 15) is 4.79 Å². The predicted molar refractivity (Wildman–Crippen MR) is 87.3 cm³/mol. The average molecular weight is 288 g/mol. The number of hydrogen-bond donors (Lipinski definition) is 2. The van der Waals surface area contributed by atoms with Gasteiger partial charge in [-0.15, -0.1) is 0 Å². The number of benzene rings is 1. The first-order valence-corrected chi connectivity index (χ1v) is 8.38. The number of hydrogen-bond acceptors (Lipinski definition) is 2. The lowest BCUT2D eigenvalue weighted by Gasteiger charge is -2.22. The maximum absolute atomic E-state index is 11.7. The summed E-state index contributed by atoms with van der Waals surface area (Å²) in [4.78, 5) is 11.7. The van der Waals surface area contributed by atoms with Crippen LogP contribution in [-0.2, 0) is 11.2 Å². The van der Waals surface area contributed by atoms with Crippen LogP contribution in [0, 0.1) is 0 Å². The molecular weight excluding hydrogens is 260 g/mol. The standard InChI is InChI=1S/C18H28N2O/c21-18(13-15-19-17-11-5-2-6-12-17)20-14-7-10-16-8-3-1-4-9-16/h1,3-4,8-9,17,19H,2,5-7,10-15H2,(H,20,21). The molecule has 1 amide bonds. The van der Waals surface area contributed by atoms with Gasteiger partial charge in [-0.05, 0) is 31.2 Å². The van der Waals surface area contributed by atoms with Crippen molar-refractivity contribution in [2.75, 3.05) is 13.1 Å². The number of aryl methyl sites for hydroxylation is 1. The Morgan fingerprint density at radius 1 is 1.05 bits per heavy atom. The Labute approximate surface area is 128 Å². The zero-order valence-corrected chi connectivity index (χ0v) is 12.9. The third kappa shape index (κ3) is 6.76. The molecule has 0 spiro atoms. The monoisotopic (exact) mass is 288 g/mol. The van der Waals surface area contributed by atoms with E-state index >= 15 is 0 Å². The lowest BCUT2D eigenvalue weighted by molar-refractivity contribution is -0.121. The van der Waals surface area contributed by atoms with Crippen molar-refractivity contribution in [3.8, 4) is 0 Å². The average Bonchev–Trinajstić information content (AvgIpc) is 2.54. The fourth-order valence-electron chi connectivity index (χ4n) is 2.95. The second-order valence-corrected chi connectivity index (χ2v) is 5.98. The third-order valence-electron chi connectivity index (χ3n) is 4.20. The molecular formula is C18H28N2O. The maximum Gasteiger partial charge on any atom is 0.221 e. The van der Waals surface area contributed by atoms with Gasteiger partial charge in [-0.1, -0.05) is 49.6 Å². The molecule has 1 fully saturated rings. The second-order valence-electron chi connectivity index (χ2n) is 5.98. The van der Waals surface area contributed by atoms with Crippen molar-refractivity contribution >= 4 is 5.91 Å². The smallest absolute Gasteiger partial charge is 0.221 e. The molecule has 0 bridgehead atoms. The van der Waals surface area contributed by atoms with Crippen molar-refractivity contribution in [3.63, 3.8) is 0 Å². The number of rotatable bonds is 8. The van der Waals surface area contributed by atoms with Gasteiger partial charge in [0, 0.05) is 25.6 Å². The van der Waals surface area contributed by atoms with Crippen LogP contribution in [0.15, 0.2) is 30.3 Å². The van der Waals surface area contributed by atoms with E-state index in [0.29, 0.717) is 12.5 Å². The Morgan fingerprint density at radius 2 is 1.81 bits per heavy atom. The molecule has 1 aromatic carbocycles. The highest BCUT2D eigenvalue weighted by Gasteiger charge is 2.12. The molecule has 21 heavy (non-hydrogen) atoms. The molecule has 0 heterocycles. The van der Waals surface area contributed by atoms with Gasteiger partial charge in [-0.2, -0.15) is 0 Å². The molecule has 116 valence electrons. The van der Waals surface area contributed by atoms with Gasteiger partial charge in [0.1, 0.15) is 0 Å². The molecule has 1 saturated carbocycles. The van der Waals surface area contributed by atoms with Gasteiger partial charge in [0.2, 0.25) is 5.91 Å². The Morgan fingerprint density at radius 3 is 2.57 bits per heavy atom. The van der Waals surface area contributed by atoms with Crippen LogP contribution in [-0.4, -0.2) is 25.0 Å². The summed E-state index contributed by atoms with van der Waals surface area (Å²) in [6.07, 6.45) is 9.24. The number of carbonyl (C=O) groups is 1. The molecule has 2 rings (SSSR count). The molecule has 1 aliphatic carbocycles. The van der Waals surface area contributed by atoms with Crippen LogP contribution in [0.4, 0.5) is 0 Å². The minimum atomic E-state index is 0.173. The molecule has 3 heteroatoms. The molecule has 0 aliphatic heterocycles. The number of nitrogens with one attached hydrogen (secondary N) is 2. The van der Waals surface area contributed by atoms with E-state index in [1.165, 1.54) is 37.7 Å². The summed E-state index contributed by atoms with van der Waals surface area (Å²) in [6, 6.07) is 11.1. The van der Waals surface area contributed by atoms with Gasteiger partial charge in [0.15, 0.2) is 0 Å². The second kappa shape index (κ2) is 9.56. The van der Waals surface area contributed by atoms with Crippen LogP contribution in [0.5, 0.6) is 0 Å². The summed E-state index contributed by atoms with van der Waals surface area (Å²) < 4.78 is 0. The van der Waals surface area contributed by atoms with E-state index in [0.717, 1.165) is 25.9 Å². The predicted octanol–water partition coefficient (Wildman–Crippen LogP) is 3.05. The quantitative estimate of drug-likeness (QED) is 0.722. The molecule has 0 aromatic heterocycles. The summed E-state index contributed by atoms with van der Waals surface area (Å²) in [7, 11) is 0. The van der Waals surface area contributed by atoms with Crippen LogP contribution >= 0.6 is 0 Å². The summed E-state index contributed by atoms with van der Waals surface area (Å²) >= 11 is 0. The Bertz CT molecular complexity index is 399. The normalized spacial score (nSPS) is 15.8. The summed E-state index contributed by atoms with van der Waals surface area (Å²) in [5.41, 5.74) is 1.34. The van der Waals surface area contributed by atoms with Gasteiger partial charge in [0.05, 0.1) is 0 Å². The van der Waals surface area contributed by atoms with Gasteiger partial charge in [-0.3, -0.25) is 4.79 Å². The van der Waals surface area contributed by atoms with Gasteiger partial charge in [-0.25, -0.2) is 0 Å². The van der Waals surface area contributed by atoms with Crippen molar-refractivity contribution in [2.24, 2.45) is 0 Å². The van der Waals surface area contributed by atoms with Crippen LogP contribution in [0.3, 0.4) is 0 Å². The molecule has 0 unspecified atom stereocenters. The highest BCUT2D eigenvalue weighted by atomic mass is 16.1. The summed E-state index contributed by atoms with van der Waals surface area (Å²) in [6.45, 7) is 1.59. The lowest BCUT2D eigenvalue weighted by atomic mass is 9.95. The maximum atomic E-state index is 11.7. The first-order valence-electron chi connectivity index (χ1n) is 8.38. The van der Waals surface area contributed by atoms with E-state index in [1.54, 1.807) is 0 Å².